The highest BCUT2D eigenvalue weighted by molar-refractivity contribution is 5.79. The third kappa shape index (κ3) is 2.33. The Morgan fingerprint density at radius 1 is 1.73 bits per heavy atom. The summed E-state index contributed by atoms with van der Waals surface area (Å²) in [5, 5.41) is 12.5. The van der Waals surface area contributed by atoms with Gasteiger partial charge in [0, 0.05) is 6.04 Å². The molecular weight excluding hydrogens is 194 g/mol. The molecule has 1 aliphatic rings. The fourth-order valence-corrected chi connectivity index (χ4v) is 1.83. The Hall–Kier alpha value is -1.43. The van der Waals surface area contributed by atoms with Crippen molar-refractivity contribution in [1.29, 1.82) is 0 Å². The average molecular weight is 209 g/mol. The molecule has 0 radical (unpaired) electrons. The second-order valence-electron chi connectivity index (χ2n) is 3.79. The van der Waals surface area contributed by atoms with Crippen molar-refractivity contribution in [2.45, 2.75) is 25.9 Å². The minimum absolute atomic E-state index is 0.0768. The Kier molecular flexibility index (Phi) is 2.96. The maximum absolute atomic E-state index is 11.7. The number of aromatic nitrogens is 3. The molecule has 2 unspecified atom stereocenters. The minimum Gasteiger partial charge on any atom is -0.349 e. The predicted molar refractivity (Wildman–Crippen MR) is 53.8 cm³/mol. The molecule has 2 atom stereocenters. The van der Waals surface area contributed by atoms with Gasteiger partial charge in [-0.3, -0.25) is 9.89 Å². The molecule has 6 nitrogen and oxygen atoms in total. The smallest absolute Gasteiger partial charge is 0.225 e. The van der Waals surface area contributed by atoms with E-state index in [0.29, 0.717) is 12.4 Å². The molecule has 6 heteroatoms. The molecule has 2 heterocycles. The maximum atomic E-state index is 11.7. The van der Waals surface area contributed by atoms with Gasteiger partial charge in [0.05, 0.1) is 12.5 Å². The molecule has 0 saturated carbocycles. The molecule has 1 aromatic rings. The number of amides is 1. The average Bonchev–Trinajstić information content (AvgIpc) is 2.84. The Morgan fingerprint density at radius 3 is 3.20 bits per heavy atom. The van der Waals surface area contributed by atoms with Crippen LogP contribution in [0.5, 0.6) is 0 Å². The number of hydrogen-bond acceptors (Lipinski definition) is 4. The molecule has 0 bridgehead atoms. The molecule has 1 amide bonds. The molecule has 1 aromatic heterocycles. The first kappa shape index (κ1) is 10.1. The van der Waals surface area contributed by atoms with Gasteiger partial charge >= 0.3 is 0 Å². The second kappa shape index (κ2) is 4.39. The number of nitrogens with one attached hydrogen (secondary N) is 3. The van der Waals surface area contributed by atoms with Gasteiger partial charge in [0.15, 0.2) is 0 Å². The summed E-state index contributed by atoms with van der Waals surface area (Å²) < 4.78 is 0. The van der Waals surface area contributed by atoms with Crippen molar-refractivity contribution in [1.82, 2.24) is 25.8 Å². The van der Waals surface area contributed by atoms with E-state index in [4.69, 9.17) is 0 Å². The van der Waals surface area contributed by atoms with Crippen LogP contribution in [0, 0.1) is 5.92 Å². The monoisotopic (exact) mass is 209 g/mol. The summed E-state index contributed by atoms with van der Waals surface area (Å²) >= 11 is 0. The molecule has 0 aliphatic carbocycles. The summed E-state index contributed by atoms with van der Waals surface area (Å²) in [7, 11) is 0. The highest BCUT2D eigenvalue weighted by Gasteiger charge is 2.28. The number of nitrogens with zero attached hydrogens (tertiary/aromatic N) is 2. The summed E-state index contributed by atoms with van der Waals surface area (Å²) in [5.41, 5.74) is 0. The zero-order valence-corrected chi connectivity index (χ0v) is 8.66. The highest BCUT2D eigenvalue weighted by Crippen LogP contribution is 2.14. The zero-order valence-electron chi connectivity index (χ0n) is 8.66. The highest BCUT2D eigenvalue weighted by atomic mass is 16.1. The van der Waals surface area contributed by atoms with E-state index in [1.807, 2.05) is 6.92 Å². The van der Waals surface area contributed by atoms with Gasteiger partial charge in [-0.15, -0.1) is 0 Å². The molecule has 3 N–H and O–H groups in total. The Labute approximate surface area is 87.9 Å². The molecule has 82 valence electrons. The predicted octanol–water partition coefficient (Wildman–Crippen LogP) is -0.581. The van der Waals surface area contributed by atoms with Gasteiger partial charge in [0.1, 0.15) is 12.2 Å². The Bertz CT molecular complexity index is 323. The van der Waals surface area contributed by atoms with Gasteiger partial charge in [-0.2, -0.15) is 5.10 Å². The summed E-state index contributed by atoms with van der Waals surface area (Å²) in [4.78, 5) is 15.7. The number of rotatable bonds is 3. The van der Waals surface area contributed by atoms with Crippen molar-refractivity contribution in [3.8, 4) is 0 Å². The van der Waals surface area contributed by atoms with Crippen LogP contribution in [0.15, 0.2) is 6.33 Å². The lowest BCUT2D eigenvalue weighted by Crippen LogP contribution is -2.36. The van der Waals surface area contributed by atoms with E-state index >= 15 is 0 Å². The number of aromatic amines is 1. The standard InChI is InChI=1S/C9H15N5O/c1-6-7(2-3-10-6)9(15)11-4-8-12-5-13-14-8/h5-7,10H,2-4H2,1H3,(H,11,15)(H,12,13,14). The van der Waals surface area contributed by atoms with E-state index < -0.39 is 0 Å². The van der Waals surface area contributed by atoms with Crippen LogP contribution in [0.3, 0.4) is 0 Å². The molecule has 2 rings (SSSR count). The quantitative estimate of drug-likeness (QED) is 0.622. The molecular formula is C9H15N5O. The van der Waals surface area contributed by atoms with Crippen LogP contribution in [0.2, 0.25) is 0 Å². The van der Waals surface area contributed by atoms with Gasteiger partial charge in [0.2, 0.25) is 5.91 Å². The van der Waals surface area contributed by atoms with E-state index in [-0.39, 0.29) is 17.9 Å². The topological polar surface area (TPSA) is 82.7 Å². The Balaban J connectivity index is 1.82. The van der Waals surface area contributed by atoms with Crippen LogP contribution in [-0.4, -0.2) is 33.7 Å². The third-order valence-corrected chi connectivity index (χ3v) is 2.76. The third-order valence-electron chi connectivity index (χ3n) is 2.76. The lowest BCUT2D eigenvalue weighted by molar-refractivity contribution is -0.125. The fraction of sp³-hybridized carbons (Fsp3) is 0.667. The zero-order chi connectivity index (χ0) is 10.7. The summed E-state index contributed by atoms with van der Waals surface area (Å²) in [6.45, 7) is 3.37. The molecule has 0 spiro atoms. The van der Waals surface area contributed by atoms with Crippen molar-refractivity contribution in [2.24, 2.45) is 5.92 Å². The van der Waals surface area contributed by atoms with Crippen LogP contribution in [-0.2, 0) is 11.3 Å². The fourth-order valence-electron chi connectivity index (χ4n) is 1.83. The van der Waals surface area contributed by atoms with Gasteiger partial charge in [-0.05, 0) is 19.9 Å². The van der Waals surface area contributed by atoms with Crippen molar-refractivity contribution in [3.63, 3.8) is 0 Å². The number of hydrogen-bond donors (Lipinski definition) is 3. The Morgan fingerprint density at radius 2 is 2.60 bits per heavy atom. The van der Waals surface area contributed by atoms with Gasteiger partial charge < -0.3 is 10.6 Å². The van der Waals surface area contributed by atoms with Crippen LogP contribution >= 0.6 is 0 Å². The summed E-state index contributed by atoms with van der Waals surface area (Å²) in [6, 6.07) is 0.264. The summed E-state index contributed by atoms with van der Waals surface area (Å²) in [6.07, 6.45) is 2.34. The number of carbonyl (C=O) groups excluding carboxylic acids is 1. The van der Waals surface area contributed by atoms with Crippen molar-refractivity contribution >= 4 is 5.91 Å². The van der Waals surface area contributed by atoms with Crippen LogP contribution < -0.4 is 10.6 Å². The van der Waals surface area contributed by atoms with Gasteiger partial charge in [-0.25, -0.2) is 4.98 Å². The van der Waals surface area contributed by atoms with Crippen molar-refractivity contribution in [2.75, 3.05) is 6.54 Å². The van der Waals surface area contributed by atoms with Crippen LogP contribution in [0.4, 0.5) is 0 Å². The maximum Gasteiger partial charge on any atom is 0.225 e. The lowest BCUT2D eigenvalue weighted by Gasteiger charge is -2.13. The largest absolute Gasteiger partial charge is 0.349 e. The molecule has 1 saturated heterocycles. The normalized spacial score (nSPS) is 25.4. The first-order valence-corrected chi connectivity index (χ1v) is 5.12. The second-order valence-corrected chi connectivity index (χ2v) is 3.79. The van der Waals surface area contributed by atoms with E-state index in [0.717, 1.165) is 13.0 Å². The lowest BCUT2D eigenvalue weighted by atomic mass is 10.0. The number of carbonyl (C=O) groups is 1. The number of H-pyrrole nitrogens is 1. The molecule has 1 aliphatic heterocycles. The summed E-state index contributed by atoms with van der Waals surface area (Å²) in [5.74, 6) is 0.846. The van der Waals surface area contributed by atoms with Crippen LogP contribution in [0.1, 0.15) is 19.2 Å². The molecule has 1 fully saturated rings. The van der Waals surface area contributed by atoms with E-state index in [1.165, 1.54) is 6.33 Å². The van der Waals surface area contributed by atoms with E-state index in [9.17, 15) is 4.79 Å². The van der Waals surface area contributed by atoms with E-state index in [1.54, 1.807) is 0 Å². The van der Waals surface area contributed by atoms with Crippen molar-refractivity contribution < 1.29 is 4.79 Å². The van der Waals surface area contributed by atoms with Crippen LogP contribution in [0.25, 0.3) is 0 Å². The van der Waals surface area contributed by atoms with Gasteiger partial charge in [-0.1, -0.05) is 0 Å². The molecule has 15 heavy (non-hydrogen) atoms. The first-order valence-electron chi connectivity index (χ1n) is 5.12. The first-order chi connectivity index (χ1) is 7.27. The minimum atomic E-state index is 0.0768. The van der Waals surface area contributed by atoms with Gasteiger partial charge in [0.25, 0.3) is 0 Å². The van der Waals surface area contributed by atoms with Crippen molar-refractivity contribution in [3.05, 3.63) is 12.2 Å². The SMILES string of the molecule is CC1NCCC1C(=O)NCc1ncn[nH]1. The molecule has 0 aromatic carbocycles. The van der Waals surface area contributed by atoms with E-state index in [2.05, 4.69) is 25.8 Å².